The number of Topliss-reactive ketones (excluding diaryl/α,β-unsaturated/α-hetero) is 1. The van der Waals surface area contributed by atoms with Crippen LogP contribution < -0.4 is 0 Å². The molecule has 4 saturated carbocycles. The summed E-state index contributed by atoms with van der Waals surface area (Å²) in [4.78, 5) is 12.0. The van der Waals surface area contributed by atoms with Gasteiger partial charge in [-0.05, 0) is 86.4 Å². The van der Waals surface area contributed by atoms with Crippen LogP contribution in [0.2, 0.25) is 0 Å². The first-order valence-electron chi connectivity index (χ1n) is 10.1. The molecule has 0 aliphatic heterocycles. The Hall–Kier alpha value is -0.860. The van der Waals surface area contributed by atoms with Gasteiger partial charge >= 0.3 is 0 Å². The van der Waals surface area contributed by atoms with Crippen LogP contribution in [0.25, 0.3) is 0 Å². The van der Waals surface area contributed by atoms with E-state index in [1.54, 1.807) is 0 Å². The van der Waals surface area contributed by atoms with E-state index >= 15 is 0 Å². The summed E-state index contributed by atoms with van der Waals surface area (Å²) in [5, 5.41) is 12.9. The second-order valence-electron chi connectivity index (χ2n) is 9.82. The van der Waals surface area contributed by atoms with E-state index < -0.39 is 0 Å². The van der Waals surface area contributed by atoms with Crippen LogP contribution in [0.3, 0.4) is 0 Å². The van der Waals surface area contributed by atoms with Crippen LogP contribution in [0.5, 0.6) is 0 Å². The van der Waals surface area contributed by atoms with E-state index in [-0.39, 0.29) is 0 Å². The molecular weight excluding hydrogens is 298 g/mol. The summed E-state index contributed by atoms with van der Waals surface area (Å²) in [6.07, 6.45) is 10.4. The Morgan fingerprint density at radius 1 is 1.04 bits per heavy atom. The highest BCUT2D eigenvalue weighted by Gasteiger charge is 2.60. The minimum Gasteiger partial charge on any atom is -0.411 e. The molecule has 4 aliphatic rings. The Balaban J connectivity index is 1.62. The van der Waals surface area contributed by atoms with Crippen LogP contribution in [-0.2, 0) is 4.79 Å². The lowest BCUT2D eigenvalue weighted by atomic mass is 9.44. The fourth-order valence-corrected chi connectivity index (χ4v) is 7.80. The summed E-state index contributed by atoms with van der Waals surface area (Å²) < 4.78 is 0. The first kappa shape index (κ1) is 16.6. The topological polar surface area (TPSA) is 49.7 Å². The van der Waals surface area contributed by atoms with Gasteiger partial charge in [-0.15, -0.1) is 0 Å². The van der Waals surface area contributed by atoms with Gasteiger partial charge in [-0.1, -0.05) is 19.0 Å². The highest BCUT2D eigenvalue weighted by molar-refractivity contribution is 5.85. The SMILES string of the molecule is CC(=NO)C1CCC2C3CCC4CC(=O)CCC4(C)C3CCC12C. The normalized spacial score (nSPS) is 51.7. The van der Waals surface area contributed by atoms with Gasteiger partial charge in [-0.3, -0.25) is 4.79 Å². The Bertz CT molecular complexity index is 570. The van der Waals surface area contributed by atoms with Gasteiger partial charge in [0.05, 0.1) is 5.71 Å². The van der Waals surface area contributed by atoms with Gasteiger partial charge < -0.3 is 5.21 Å². The maximum Gasteiger partial charge on any atom is 0.133 e. The summed E-state index contributed by atoms with van der Waals surface area (Å²) in [6, 6.07) is 0. The zero-order valence-corrected chi connectivity index (χ0v) is 15.6. The molecule has 4 fully saturated rings. The average molecular weight is 332 g/mol. The molecule has 0 heterocycles. The van der Waals surface area contributed by atoms with Gasteiger partial charge in [0.1, 0.15) is 5.78 Å². The molecule has 0 saturated heterocycles. The van der Waals surface area contributed by atoms with Crippen LogP contribution in [-0.4, -0.2) is 16.7 Å². The standard InChI is InChI=1S/C21H33NO2/c1-13(22-24)17-6-7-18-16-5-4-14-12-15(23)8-10-20(14,2)19(16)9-11-21(17,18)3/h14,16-19,24H,4-12H2,1-3H3. The van der Waals surface area contributed by atoms with Crippen molar-refractivity contribution in [2.45, 2.75) is 78.6 Å². The van der Waals surface area contributed by atoms with E-state index in [0.717, 1.165) is 42.7 Å². The van der Waals surface area contributed by atoms with E-state index in [1.807, 2.05) is 6.92 Å². The van der Waals surface area contributed by atoms with Crippen LogP contribution in [0.4, 0.5) is 0 Å². The molecule has 4 aliphatic carbocycles. The smallest absolute Gasteiger partial charge is 0.133 e. The first-order chi connectivity index (χ1) is 11.4. The molecule has 0 aromatic carbocycles. The summed E-state index contributed by atoms with van der Waals surface area (Å²) >= 11 is 0. The van der Waals surface area contributed by atoms with Crippen molar-refractivity contribution >= 4 is 11.5 Å². The minimum atomic E-state index is 0.325. The molecule has 3 heteroatoms. The maximum atomic E-state index is 12.0. The molecule has 0 aromatic heterocycles. The first-order valence-corrected chi connectivity index (χ1v) is 10.1. The Morgan fingerprint density at radius 2 is 1.79 bits per heavy atom. The minimum absolute atomic E-state index is 0.325. The molecule has 0 aromatic rings. The van der Waals surface area contributed by atoms with Crippen molar-refractivity contribution < 1.29 is 10.0 Å². The van der Waals surface area contributed by atoms with Gasteiger partial charge in [0.2, 0.25) is 0 Å². The van der Waals surface area contributed by atoms with E-state index in [4.69, 9.17) is 0 Å². The molecule has 3 nitrogen and oxygen atoms in total. The summed E-state index contributed by atoms with van der Waals surface area (Å²) in [6.45, 7) is 6.99. The zero-order valence-electron chi connectivity index (χ0n) is 15.6. The molecule has 0 radical (unpaired) electrons. The molecule has 24 heavy (non-hydrogen) atoms. The van der Waals surface area contributed by atoms with Crippen molar-refractivity contribution in [2.75, 3.05) is 0 Å². The summed E-state index contributed by atoms with van der Waals surface area (Å²) in [7, 11) is 0. The van der Waals surface area contributed by atoms with Crippen molar-refractivity contribution in [3.05, 3.63) is 0 Å². The number of hydrogen-bond acceptors (Lipinski definition) is 3. The third-order valence-electron chi connectivity index (χ3n) is 9.14. The van der Waals surface area contributed by atoms with Crippen molar-refractivity contribution in [1.82, 2.24) is 0 Å². The monoisotopic (exact) mass is 331 g/mol. The molecule has 4 rings (SSSR count). The number of hydrogen-bond donors (Lipinski definition) is 1. The van der Waals surface area contributed by atoms with Crippen LogP contribution in [0, 0.1) is 40.4 Å². The van der Waals surface area contributed by atoms with E-state index in [0.29, 0.717) is 28.4 Å². The van der Waals surface area contributed by atoms with E-state index in [2.05, 4.69) is 19.0 Å². The lowest BCUT2D eigenvalue weighted by molar-refractivity contribution is -0.138. The Kier molecular flexibility index (Phi) is 3.85. The number of oxime groups is 1. The third-order valence-corrected chi connectivity index (χ3v) is 9.14. The van der Waals surface area contributed by atoms with Crippen LogP contribution in [0.15, 0.2) is 5.16 Å². The van der Waals surface area contributed by atoms with Gasteiger partial charge in [-0.2, -0.15) is 0 Å². The van der Waals surface area contributed by atoms with Crippen molar-refractivity contribution in [2.24, 2.45) is 45.6 Å². The molecular formula is C21H33NO2. The molecule has 0 spiro atoms. The number of carbonyl (C=O) groups excluding carboxylic acids is 1. The summed E-state index contributed by atoms with van der Waals surface area (Å²) in [5.74, 6) is 4.04. The number of rotatable bonds is 1. The third kappa shape index (κ3) is 2.15. The Morgan fingerprint density at radius 3 is 2.54 bits per heavy atom. The largest absolute Gasteiger partial charge is 0.411 e. The van der Waals surface area contributed by atoms with Crippen LogP contribution >= 0.6 is 0 Å². The van der Waals surface area contributed by atoms with Gasteiger partial charge in [0, 0.05) is 18.8 Å². The molecule has 1 N–H and O–H groups in total. The van der Waals surface area contributed by atoms with Gasteiger partial charge in [-0.25, -0.2) is 0 Å². The molecule has 7 unspecified atom stereocenters. The van der Waals surface area contributed by atoms with Crippen LogP contribution in [0.1, 0.15) is 78.6 Å². The second-order valence-corrected chi connectivity index (χ2v) is 9.82. The zero-order chi connectivity index (χ0) is 17.1. The van der Waals surface area contributed by atoms with Crippen molar-refractivity contribution in [3.63, 3.8) is 0 Å². The predicted molar refractivity (Wildman–Crippen MR) is 95.1 cm³/mol. The number of carbonyl (C=O) groups is 1. The molecule has 134 valence electrons. The fourth-order valence-electron chi connectivity index (χ4n) is 7.80. The fraction of sp³-hybridized carbons (Fsp3) is 0.905. The molecule has 7 atom stereocenters. The lowest BCUT2D eigenvalue weighted by Gasteiger charge is -2.60. The summed E-state index contributed by atoms with van der Waals surface area (Å²) in [5.41, 5.74) is 1.67. The highest BCUT2D eigenvalue weighted by atomic mass is 16.4. The quantitative estimate of drug-likeness (QED) is 0.414. The second kappa shape index (κ2) is 5.57. The number of ketones is 1. The number of fused-ring (bicyclic) bond motifs is 5. The molecule has 0 bridgehead atoms. The van der Waals surface area contributed by atoms with Gasteiger partial charge in [0.25, 0.3) is 0 Å². The van der Waals surface area contributed by atoms with E-state index in [9.17, 15) is 10.0 Å². The van der Waals surface area contributed by atoms with E-state index in [1.165, 1.54) is 38.5 Å². The maximum absolute atomic E-state index is 12.0. The van der Waals surface area contributed by atoms with Gasteiger partial charge in [0.15, 0.2) is 0 Å². The lowest BCUT2D eigenvalue weighted by Crippen LogP contribution is -2.53. The molecule has 0 amide bonds. The Labute approximate surface area is 146 Å². The van der Waals surface area contributed by atoms with Crippen molar-refractivity contribution in [1.29, 1.82) is 0 Å². The van der Waals surface area contributed by atoms with Crippen molar-refractivity contribution in [3.8, 4) is 0 Å². The predicted octanol–water partition coefficient (Wildman–Crippen LogP) is 5.06. The average Bonchev–Trinajstić information content (AvgIpc) is 2.92. The number of nitrogens with zero attached hydrogens (tertiary/aromatic N) is 1. The highest BCUT2D eigenvalue weighted by Crippen LogP contribution is 2.67.